The van der Waals surface area contributed by atoms with Crippen molar-refractivity contribution in [3.8, 4) is 0 Å². The standard InChI is InChI=1S/C18H25N3O2.ClH/c1-19-11-13-3-2-10-21(12-13)18(23)15-6-8-16(9-7-15)20-17(22)14-4-5-14;/h6-9,13-14,19H,2-5,10-12H2,1H3,(H,20,22);1H. The van der Waals surface area contributed by atoms with Crippen LogP contribution in [0.3, 0.4) is 0 Å². The van der Waals surface area contributed by atoms with Crippen molar-refractivity contribution in [2.45, 2.75) is 25.7 Å². The maximum Gasteiger partial charge on any atom is 0.253 e. The molecule has 0 bridgehead atoms. The van der Waals surface area contributed by atoms with E-state index in [9.17, 15) is 9.59 Å². The zero-order chi connectivity index (χ0) is 16.2. The monoisotopic (exact) mass is 351 g/mol. The van der Waals surface area contributed by atoms with Gasteiger partial charge in [0.25, 0.3) is 5.91 Å². The molecule has 1 saturated heterocycles. The van der Waals surface area contributed by atoms with Crippen LogP contribution in [0, 0.1) is 11.8 Å². The maximum atomic E-state index is 12.6. The lowest BCUT2D eigenvalue weighted by molar-refractivity contribution is -0.117. The second-order valence-corrected chi connectivity index (χ2v) is 6.66. The summed E-state index contributed by atoms with van der Waals surface area (Å²) in [6.45, 7) is 2.61. The molecule has 5 nitrogen and oxygen atoms in total. The Labute approximate surface area is 149 Å². The molecular weight excluding hydrogens is 326 g/mol. The molecule has 1 aliphatic heterocycles. The molecule has 2 N–H and O–H groups in total. The molecule has 2 fully saturated rings. The third kappa shape index (κ3) is 4.71. The zero-order valence-corrected chi connectivity index (χ0v) is 14.9. The van der Waals surface area contributed by atoms with Gasteiger partial charge in [0.1, 0.15) is 0 Å². The van der Waals surface area contributed by atoms with Gasteiger partial charge in [0.05, 0.1) is 0 Å². The molecular formula is C18H26ClN3O2. The molecule has 24 heavy (non-hydrogen) atoms. The van der Waals surface area contributed by atoms with Crippen LogP contribution in [0.1, 0.15) is 36.0 Å². The van der Waals surface area contributed by atoms with E-state index in [2.05, 4.69) is 10.6 Å². The fourth-order valence-electron chi connectivity index (χ4n) is 3.17. The molecule has 1 aliphatic carbocycles. The van der Waals surface area contributed by atoms with Crippen molar-refractivity contribution in [2.24, 2.45) is 11.8 Å². The summed E-state index contributed by atoms with van der Waals surface area (Å²) in [6.07, 6.45) is 4.22. The van der Waals surface area contributed by atoms with Gasteiger partial charge in [0.15, 0.2) is 0 Å². The lowest BCUT2D eigenvalue weighted by Crippen LogP contribution is -2.42. The molecule has 1 aromatic carbocycles. The summed E-state index contributed by atoms with van der Waals surface area (Å²) in [5.41, 5.74) is 1.46. The Kier molecular flexibility index (Phi) is 6.63. The van der Waals surface area contributed by atoms with Gasteiger partial charge >= 0.3 is 0 Å². The number of halogens is 1. The highest BCUT2D eigenvalue weighted by atomic mass is 35.5. The Morgan fingerprint density at radius 1 is 1.17 bits per heavy atom. The summed E-state index contributed by atoms with van der Waals surface area (Å²) in [5.74, 6) is 0.907. The van der Waals surface area contributed by atoms with E-state index in [1.165, 1.54) is 6.42 Å². The van der Waals surface area contributed by atoms with Crippen LogP contribution in [0.15, 0.2) is 24.3 Å². The number of nitrogens with one attached hydrogen (secondary N) is 2. The topological polar surface area (TPSA) is 61.4 Å². The number of benzene rings is 1. The third-order valence-electron chi connectivity index (χ3n) is 4.65. The number of hydrogen-bond acceptors (Lipinski definition) is 3. The van der Waals surface area contributed by atoms with E-state index >= 15 is 0 Å². The van der Waals surface area contributed by atoms with E-state index in [1.54, 1.807) is 0 Å². The van der Waals surface area contributed by atoms with Gasteiger partial charge in [-0.2, -0.15) is 0 Å². The number of anilines is 1. The van der Waals surface area contributed by atoms with Crippen molar-refractivity contribution < 1.29 is 9.59 Å². The van der Waals surface area contributed by atoms with E-state index < -0.39 is 0 Å². The van der Waals surface area contributed by atoms with Gasteiger partial charge in [-0.25, -0.2) is 0 Å². The first-order chi connectivity index (χ1) is 11.2. The molecule has 3 rings (SSSR count). The molecule has 1 saturated carbocycles. The Morgan fingerprint density at radius 2 is 1.88 bits per heavy atom. The Hall–Kier alpha value is -1.59. The van der Waals surface area contributed by atoms with Gasteiger partial charge in [0.2, 0.25) is 5.91 Å². The van der Waals surface area contributed by atoms with Crippen molar-refractivity contribution in [2.75, 3.05) is 32.0 Å². The summed E-state index contributed by atoms with van der Waals surface area (Å²) < 4.78 is 0. The van der Waals surface area contributed by atoms with Gasteiger partial charge in [0, 0.05) is 30.3 Å². The second kappa shape index (κ2) is 8.49. The Balaban J connectivity index is 0.00000208. The van der Waals surface area contributed by atoms with Crippen LogP contribution in [0.2, 0.25) is 0 Å². The van der Waals surface area contributed by atoms with Crippen molar-refractivity contribution in [1.82, 2.24) is 10.2 Å². The SMILES string of the molecule is CNCC1CCCN(C(=O)c2ccc(NC(=O)C3CC3)cc2)C1.Cl. The highest BCUT2D eigenvalue weighted by molar-refractivity contribution is 5.96. The molecule has 0 radical (unpaired) electrons. The average molecular weight is 352 g/mol. The molecule has 0 aromatic heterocycles. The fraction of sp³-hybridized carbons (Fsp3) is 0.556. The summed E-state index contributed by atoms with van der Waals surface area (Å²) in [6, 6.07) is 7.27. The van der Waals surface area contributed by atoms with Crippen LogP contribution in [0.4, 0.5) is 5.69 Å². The van der Waals surface area contributed by atoms with Gasteiger partial charge in [-0.15, -0.1) is 12.4 Å². The van der Waals surface area contributed by atoms with Crippen LogP contribution < -0.4 is 10.6 Å². The number of piperidine rings is 1. The molecule has 1 unspecified atom stereocenters. The molecule has 1 atom stereocenters. The quantitative estimate of drug-likeness (QED) is 0.857. The van der Waals surface area contributed by atoms with Crippen molar-refractivity contribution in [3.63, 3.8) is 0 Å². The lowest BCUT2D eigenvalue weighted by atomic mass is 9.97. The maximum absolute atomic E-state index is 12.6. The van der Waals surface area contributed by atoms with Crippen LogP contribution >= 0.6 is 12.4 Å². The van der Waals surface area contributed by atoms with Crippen LogP contribution in [-0.2, 0) is 4.79 Å². The predicted molar refractivity (Wildman–Crippen MR) is 97.6 cm³/mol. The van der Waals surface area contributed by atoms with Gasteiger partial charge in [-0.05, 0) is 69.5 Å². The zero-order valence-electron chi connectivity index (χ0n) is 14.1. The van der Waals surface area contributed by atoms with E-state index in [1.807, 2.05) is 36.2 Å². The Morgan fingerprint density at radius 3 is 2.50 bits per heavy atom. The molecule has 2 amide bonds. The minimum atomic E-state index is 0. The first-order valence-electron chi connectivity index (χ1n) is 8.52. The van der Waals surface area contributed by atoms with Gasteiger partial charge in [-0.3, -0.25) is 9.59 Å². The number of carbonyl (C=O) groups excluding carboxylic acids is 2. The first-order valence-corrected chi connectivity index (χ1v) is 8.52. The summed E-state index contributed by atoms with van der Waals surface area (Å²) >= 11 is 0. The Bertz CT molecular complexity index is 570. The average Bonchev–Trinajstić information content (AvgIpc) is 3.40. The van der Waals surface area contributed by atoms with Crippen molar-refractivity contribution in [3.05, 3.63) is 29.8 Å². The smallest absolute Gasteiger partial charge is 0.253 e. The predicted octanol–water partition coefficient (Wildman–Crippen LogP) is 2.53. The summed E-state index contributed by atoms with van der Waals surface area (Å²) in [5, 5.41) is 6.10. The van der Waals surface area contributed by atoms with E-state index in [0.717, 1.165) is 44.6 Å². The van der Waals surface area contributed by atoms with E-state index in [0.29, 0.717) is 11.5 Å². The number of rotatable bonds is 5. The lowest BCUT2D eigenvalue weighted by Gasteiger charge is -2.32. The normalized spacial score (nSPS) is 20.2. The van der Waals surface area contributed by atoms with Crippen LogP contribution in [0.5, 0.6) is 0 Å². The van der Waals surface area contributed by atoms with Crippen LogP contribution in [0.25, 0.3) is 0 Å². The van der Waals surface area contributed by atoms with Crippen molar-refractivity contribution in [1.29, 1.82) is 0 Å². The molecule has 0 spiro atoms. The number of nitrogens with zero attached hydrogens (tertiary/aromatic N) is 1. The molecule has 6 heteroatoms. The largest absolute Gasteiger partial charge is 0.338 e. The minimum absolute atomic E-state index is 0. The second-order valence-electron chi connectivity index (χ2n) is 6.66. The van der Waals surface area contributed by atoms with Crippen LogP contribution in [-0.4, -0.2) is 43.4 Å². The molecule has 1 aromatic rings. The fourth-order valence-corrected chi connectivity index (χ4v) is 3.17. The molecule has 132 valence electrons. The van der Waals surface area contributed by atoms with E-state index in [4.69, 9.17) is 0 Å². The highest BCUT2D eigenvalue weighted by Crippen LogP contribution is 2.30. The number of hydrogen-bond donors (Lipinski definition) is 2. The van der Waals surface area contributed by atoms with Crippen molar-refractivity contribution >= 4 is 29.9 Å². The summed E-state index contributed by atoms with van der Waals surface area (Å²) in [7, 11) is 1.95. The van der Waals surface area contributed by atoms with E-state index in [-0.39, 0.29) is 30.1 Å². The highest BCUT2D eigenvalue weighted by Gasteiger charge is 2.29. The first kappa shape index (κ1) is 18.7. The summed E-state index contributed by atoms with van der Waals surface area (Å²) in [4.78, 5) is 26.3. The third-order valence-corrected chi connectivity index (χ3v) is 4.65. The number of amides is 2. The molecule has 2 aliphatic rings. The number of carbonyl (C=O) groups is 2. The minimum Gasteiger partial charge on any atom is -0.338 e. The van der Waals surface area contributed by atoms with Gasteiger partial charge in [-0.1, -0.05) is 0 Å². The van der Waals surface area contributed by atoms with Gasteiger partial charge < -0.3 is 15.5 Å². The molecule has 1 heterocycles. The number of likely N-dealkylation sites (tertiary alicyclic amines) is 1.